The molecule has 1 amide bonds. The van der Waals surface area contributed by atoms with Gasteiger partial charge in [-0.25, -0.2) is 0 Å². The van der Waals surface area contributed by atoms with Crippen molar-refractivity contribution in [1.29, 1.82) is 0 Å². The zero-order valence-corrected chi connectivity index (χ0v) is 9.80. The Bertz CT molecular complexity index is 188. The van der Waals surface area contributed by atoms with Crippen LogP contribution in [0.15, 0.2) is 0 Å². The smallest absolute Gasteiger partial charge is 0.220 e. The van der Waals surface area contributed by atoms with Crippen molar-refractivity contribution in [2.75, 3.05) is 6.54 Å². The van der Waals surface area contributed by atoms with Gasteiger partial charge in [0.25, 0.3) is 0 Å². The Morgan fingerprint density at radius 3 is 2.67 bits per heavy atom. The normalized spacial score (nSPS) is 19.1. The van der Waals surface area contributed by atoms with Gasteiger partial charge in [-0.3, -0.25) is 4.79 Å². The summed E-state index contributed by atoms with van der Waals surface area (Å²) >= 11 is 0. The number of carbonyl (C=O) groups excluding carboxylic acids is 1. The Morgan fingerprint density at radius 1 is 1.47 bits per heavy atom. The average Bonchev–Trinajstić information content (AvgIpc) is 2.76. The van der Waals surface area contributed by atoms with E-state index in [1.807, 2.05) is 0 Å². The molecule has 3 nitrogen and oxygen atoms in total. The van der Waals surface area contributed by atoms with Crippen LogP contribution in [0.5, 0.6) is 0 Å². The highest BCUT2D eigenvalue weighted by atomic mass is 16.1. The first-order valence-electron chi connectivity index (χ1n) is 6.27. The van der Waals surface area contributed by atoms with Gasteiger partial charge in [-0.1, -0.05) is 26.2 Å². The van der Waals surface area contributed by atoms with Crippen molar-refractivity contribution < 1.29 is 4.79 Å². The lowest BCUT2D eigenvalue weighted by atomic mass is 9.98. The maximum absolute atomic E-state index is 11.6. The molecule has 0 saturated heterocycles. The first-order chi connectivity index (χ1) is 7.27. The zero-order valence-electron chi connectivity index (χ0n) is 9.80. The zero-order chi connectivity index (χ0) is 11.1. The molecule has 1 aliphatic carbocycles. The van der Waals surface area contributed by atoms with Crippen molar-refractivity contribution >= 4 is 5.91 Å². The summed E-state index contributed by atoms with van der Waals surface area (Å²) in [7, 11) is 0. The fourth-order valence-corrected chi connectivity index (χ4v) is 2.35. The SMILES string of the molecule is CCCCC(=O)NC(CN)C1CCCC1. The third kappa shape index (κ3) is 4.20. The standard InChI is InChI=1S/C12H24N2O/c1-2-3-8-12(15)14-11(9-13)10-6-4-5-7-10/h10-11H,2-9,13H2,1H3,(H,14,15). The van der Waals surface area contributed by atoms with E-state index in [4.69, 9.17) is 5.73 Å². The summed E-state index contributed by atoms with van der Waals surface area (Å²) in [6.07, 6.45) is 7.77. The second-order valence-electron chi connectivity index (χ2n) is 4.56. The highest BCUT2D eigenvalue weighted by molar-refractivity contribution is 5.76. The molecule has 3 heteroatoms. The van der Waals surface area contributed by atoms with E-state index >= 15 is 0 Å². The Balaban J connectivity index is 2.28. The molecule has 3 N–H and O–H groups in total. The molecule has 1 aliphatic rings. The topological polar surface area (TPSA) is 55.1 Å². The lowest BCUT2D eigenvalue weighted by Crippen LogP contribution is -2.44. The Hall–Kier alpha value is -0.570. The highest BCUT2D eigenvalue weighted by Crippen LogP contribution is 2.27. The molecular formula is C12H24N2O. The van der Waals surface area contributed by atoms with Crippen LogP contribution >= 0.6 is 0 Å². The van der Waals surface area contributed by atoms with Crippen LogP contribution in [0, 0.1) is 5.92 Å². The molecule has 0 aromatic rings. The van der Waals surface area contributed by atoms with Crippen LogP contribution in [-0.2, 0) is 4.79 Å². The van der Waals surface area contributed by atoms with E-state index in [1.54, 1.807) is 0 Å². The Kier molecular flexibility index (Phi) is 5.69. The van der Waals surface area contributed by atoms with Crippen LogP contribution in [0.1, 0.15) is 51.9 Å². The third-order valence-corrected chi connectivity index (χ3v) is 3.33. The van der Waals surface area contributed by atoms with Gasteiger partial charge in [0.1, 0.15) is 0 Å². The van der Waals surface area contributed by atoms with Gasteiger partial charge in [0.15, 0.2) is 0 Å². The van der Waals surface area contributed by atoms with Gasteiger partial charge >= 0.3 is 0 Å². The molecule has 0 bridgehead atoms. The van der Waals surface area contributed by atoms with E-state index < -0.39 is 0 Å². The summed E-state index contributed by atoms with van der Waals surface area (Å²) in [5, 5.41) is 3.08. The first-order valence-corrected chi connectivity index (χ1v) is 6.27. The van der Waals surface area contributed by atoms with Crippen molar-refractivity contribution in [1.82, 2.24) is 5.32 Å². The lowest BCUT2D eigenvalue weighted by molar-refractivity contribution is -0.122. The molecule has 0 aromatic carbocycles. The number of carbonyl (C=O) groups is 1. The fourth-order valence-electron chi connectivity index (χ4n) is 2.35. The lowest BCUT2D eigenvalue weighted by Gasteiger charge is -2.23. The van der Waals surface area contributed by atoms with Gasteiger partial charge in [-0.2, -0.15) is 0 Å². The van der Waals surface area contributed by atoms with Crippen molar-refractivity contribution in [3.8, 4) is 0 Å². The maximum atomic E-state index is 11.6. The number of unbranched alkanes of at least 4 members (excludes halogenated alkanes) is 1. The highest BCUT2D eigenvalue weighted by Gasteiger charge is 2.24. The Morgan fingerprint density at radius 2 is 2.13 bits per heavy atom. The molecule has 1 atom stereocenters. The predicted octanol–water partition coefficient (Wildman–Crippen LogP) is 1.81. The number of nitrogens with two attached hydrogens (primary N) is 1. The van der Waals surface area contributed by atoms with Crippen molar-refractivity contribution in [2.45, 2.75) is 57.9 Å². The van der Waals surface area contributed by atoms with Gasteiger partial charge in [-0.05, 0) is 25.2 Å². The minimum Gasteiger partial charge on any atom is -0.352 e. The molecule has 0 heterocycles. The number of hydrogen-bond donors (Lipinski definition) is 2. The molecule has 0 radical (unpaired) electrons. The van der Waals surface area contributed by atoms with Crippen LogP contribution in [0.4, 0.5) is 0 Å². The number of nitrogens with one attached hydrogen (secondary N) is 1. The minimum absolute atomic E-state index is 0.180. The first kappa shape index (κ1) is 12.5. The van der Waals surface area contributed by atoms with Crippen molar-refractivity contribution in [3.63, 3.8) is 0 Å². The van der Waals surface area contributed by atoms with Crippen molar-refractivity contribution in [2.24, 2.45) is 11.7 Å². The van der Waals surface area contributed by atoms with Crippen LogP contribution in [0.2, 0.25) is 0 Å². The summed E-state index contributed by atoms with van der Waals surface area (Å²) in [6, 6.07) is 0.219. The van der Waals surface area contributed by atoms with E-state index in [9.17, 15) is 4.79 Å². The summed E-state index contributed by atoms with van der Waals surface area (Å²) in [5.74, 6) is 0.805. The van der Waals surface area contributed by atoms with Crippen LogP contribution < -0.4 is 11.1 Å². The van der Waals surface area contributed by atoms with Gasteiger partial charge in [0.05, 0.1) is 0 Å². The minimum atomic E-state index is 0.180. The van der Waals surface area contributed by atoms with E-state index in [0.717, 1.165) is 12.8 Å². The Labute approximate surface area is 92.8 Å². The van der Waals surface area contributed by atoms with Gasteiger partial charge in [0, 0.05) is 19.0 Å². The predicted molar refractivity (Wildman–Crippen MR) is 62.5 cm³/mol. The number of hydrogen-bond acceptors (Lipinski definition) is 2. The third-order valence-electron chi connectivity index (χ3n) is 3.33. The molecule has 1 unspecified atom stereocenters. The second kappa shape index (κ2) is 6.83. The van der Waals surface area contributed by atoms with E-state index in [0.29, 0.717) is 18.9 Å². The number of amides is 1. The average molecular weight is 212 g/mol. The maximum Gasteiger partial charge on any atom is 0.220 e. The summed E-state index contributed by atoms with van der Waals surface area (Å²) in [6.45, 7) is 2.69. The second-order valence-corrected chi connectivity index (χ2v) is 4.56. The molecule has 15 heavy (non-hydrogen) atoms. The summed E-state index contributed by atoms with van der Waals surface area (Å²) < 4.78 is 0. The van der Waals surface area contributed by atoms with E-state index in [1.165, 1.54) is 25.7 Å². The molecule has 1 saturated carbocycles. The van der Waals surface area contributed by atoms with Gasteiger partial charge in [-0.15, -0.1) is 0 Å². The fraction of sp³-hybridized carbons (Fsp3) is 0.917. The summed E-state index contributed by atoms with van der Waals surface area (Å²) in [5.41, 5.74) is 5.71. The van der Waals surface area contributed by atoms with E-state index in [-0.39, 0.29) is 11.9 Å². The van der Waals surface area contributed by atoms with Crippen LogP contribution in [-0.4, -0.2) is 18.5 Å². The quantitative estimate of drug-likeness (QED) is 0.705. The molecule has 0 aliphatic heterocycles. The van der Waals surface area contributed by atoms with Crippen LogP contribution in [0.25, 0.3) is 0 Å². The van der Waals surface area contributed by atoms with Crippen molar-refractivity contribution in [3.05, 3.63) is 0 Å². The van der Waals surface area contributed by atoms with Gasteiger partial charge in [0.2, 0.25) is 5.91 Å². The van der Waals surface area contributed by atoms with E-state index in [2.05, 4.69) is 12.2 Å². The largest absolute Gasteiger partial charge is 0.352 e. The van der Waals surface area contributed by atoms with Crippen LogP contribution in [0.3, 0.4) is 0 Å². The molecule has 1 fully saturated rings. The molecule has 1 rings (SSSR count). The summed E-state index contributed by atoms with van der Waals surface area (Å²) in [4.78, 5) is 11.6. The molecule has 88 valence electrons. The van der Waals surface area contributed by atoms with Gasteiger partial charge < -0.3 is 11.1 Å². The monoisotopic (exact) mass is 212 g/mol. The number of rotatable bonds is 6. The molecule has 0 aromatic heterocycles. The molecule has 0 spiro atoms. The molecular weight excluding hydrogens is 188 g/mol.